The number of nitrogens with one attached hydrogen (secondary N) is 1. The second-order valence-electron chi connectivity index (χ2n) is 7.60. The number of anilines is 1. The molecule has 0 spiro atoms. The molecular weight excluding hydrogens is 376 g/mol. The van der Waals surface area contributed by atoms with E-state index in [1.54, 1.807) is 48.5 Å². The number of amides is 1. The maximum Gasteiger partial charge on any atom is 0.251 e. The fourth-order valence-electron chi connectivity index (χ4n) is 2.62. The van der Waals surface area contributed by atoms with Crippen molar-refractivity contribution in [3.05, 3.63) is 59.7 Å². The minimum absolute atomic E-state index is 0.162. The predicted molar refractivity (Wildman–Crippen MR) is 112 cm³/mol. The maximum atomic E-state index is 12.3. The van der Waals surface area contributed by atoms with Gasteiger partial charge in [-0.25, -0.2) is 8.42 Å². The van der Waals surface area contributed by atoms with Crippen LogP contribution in [0, 0.1) is 0 Å². The van der Waals surface area contributed by atoms with Gasteiger partial charge in [0.1, 0.15) is 5.75 Å². The third kappa shape index (κ3) is 6.27. The highest BCUT2D eigenvalue weighted by atomic mass is 32.2. The number of ether oxygens (including phenoxy) is 1. The fraction of sp³-hybridized carbons (Fsp3) is 0.381. The summed E-state index contributed by atoms with van der Waals surface area (Å²) in [7, 11) is -3.48. The molecule has 6 nitrogen and oxygen atoms in total. The van der Waals surface area contributed by atoms with E-state index in [0.29, 0.717) is 23.6 Å². The molecule has 152 valence electrons. The summed E-state index contributed by atoms with van der Waals surface area (Å²) in [6.07, 6.45) is 1.18. The molecule has 1 N–H and O–H groups in total. The Morgan fingerprint density at radius 3 is 2.07 bits per heavy atom. The molecule has 0 aliphatic heterocycles. The summed E-state index contributed by atoms with van der Waals surface area (Å²) in [5.41, 5.74) is 1.55. The molecule has 0 fully saturated rings. The molecule has 0 aromatic heterocycles. The van der Waals surface area contributed by atoms with Crippen LogP contribution in [0.4, 0.5) is 5.69 Å². The van der Waals surface area contributed by atoms with E-state index in [2.05, 4.69) is 5.32 Å². The first-order valence-corrected chi connectivity index (χ1v) is 11.0. The van der Waals surface area contributed by atoms with Crippen molar-refractivity contribution >= 4 is 21.6 Å². The van der Waals surface area contributed by atoms with Gasteiger partial charge in [0, 0.05) is 11.1 Å². The number of hydrogen-bond acceptors (Lipinski definition) is 4. The number of carbonyl (C=O) groups excluding carboxylic acids is 1. The zero-order valence-corrected chi connectivity index (χ0v) is 17.8. The number of rotatable bonds is 7. The quantitative estimate of drug-likeness (QED) is 0.765. The van der Waals surface area contributed by atoms with Gasteiger partial charge in [-0.1, -0.05) is 12.1 Å². The standard InChI is InChI=1S/C21H28N2O4S/c1-6-27-19-13-11-18(12-14-19)23(28(5,25)26)15-16-7-9-17(10-8-16)20(24)22-21(2,3)4/h7-14H,6,15H2,1-5H3,(H,22,24). The summed E-state index contributed by atoms with van der Waals surface area (Å²) >= 11 is 0. The molecule has 7 heteroatoms. The third-order valence-electron chi connectivity index (χ3n) is 3.87. The van der Waals surface area contributed by atoms with Crippen LogP contribution in [0.5, 0.6) is 5.75 Å². The number of carbonyl (C=O) groups is 1. The number of benzene rings is 2. The number of nitrogens with zero attached hydrogens (tertiary/aromatic N) is 1. The molecule has 28 heavy (non-hydrogen) atoms. The van der Waals surface area contributed by atoms with Crippen LogP contribution in [0.15, 0.2) is 48.5 Å². The molecule has 1 amide bonds. The highest BCUT2D eigenvalue weighted by Gasteiger charge is 2.19. The normalized spacial score (nSPS) is 11.8. The van der Waals surface area contributed by atoms with E-state index in [0.717, 1.165) is 5.56 Å². The van der Waals surface area contributed by atoms with Crippen LogP contribution >= 0.6 is 0 Å². The zero-order valence-electron chi connectivity index (χ0n) is 17.0. The summed E-state index contributed by atoms with van der Waals surface area (Å²) in [4.78, 5) is 12.2. The highest BCUT2D eigenvalue weighted by molar-refractivity contribution is 7.92. The van der Waals surface area contributed by atoms with E-state index in [-0.39, 0.29) is 18.0 Å². The van der Waals surface area contributed by atoms with Crippen LogP contribution in [-0.4, -0.2) is 32.7 Å². The third-order valence-corrected chi connectivity index (χ3v) is 5.01. The highest BCUT2D eigenvalue weighted by Crippen LogP contribution is 2.24. The van der Waals surface area contributed by atoms with Crippen LogP contribution < -0.4 is 14.4 Å². The summed E-state index contributed by atoms with van der Waals surface area (Å²) in [6.45, 7) is 8.36. The Morgan fingerprint density at radius 1 is 1.04 bits per heavy atom. The van der Waals surface area contributed by atoms with E-state index in [1.807, 2.05) is 27.7 Å². The molecule has 0 aliphatic rings. The predicted octanol–water partition coefficient (Wildman–Crippen LogP) is 3.58. The van der Waals surface area contributed by atoms with Gasteiger partial charge >= 0.3 is 0 Å². The topological polar surface area (TPSA) is 75.7 Å². The molecule has 0 aliphatic carbocycles. The lowest BCUT2D eigenvalue weighted by Crippen LogP contribution is -2.40. The zero-order chi connectivity index (χ0) is 20.9. The lowest BCUT2D eigenvalue weighted by atomic mass is 10.1. The van der Waals surface area contributed by atoms with Gasteiger partial charge in [0.25, 0.3) is 5.91 Å². The molecule has 0 saturated heterocycles. The SMILES string of the molecule is CCOc1ccc(N(Cc2ccc(C(=O)NC(C)(C)C)cc2)S(C)(=O)=O)cc1. The molecule has 2 rings (SSSR count). The minimum atomic E-state index is -3.48. The summed E-state index contributed by atoms with van der Waals surface area (Å²) in [5.74, 6) is 0.527. The van der Waals surface area contributed by atoms with Crippen LogP contribution in [0.2, 0.25) is 0 Å². The van der Waals surface area contributed by atoms with Crippen molar-refractivity contribution in [2.75, 3.05) is 17.2 Å². The van der Waals surface area contributed by atoms with Crippen LogP contribution in [0.1, 0.15) is 43.6 Å². The minimum Gasteiger partial charge on any atom is -0.494 e. The molecule has 0 radical (unpaired) electrons. The lowest BCUT2D eigenvalue weighted by Gasteiger charge is -2.23. The Bertz CT molecular complexity index is 899. The van der Waals surface area contributed by atoms with Crippen molar-refractivity contribution in [2.24, 2.45) is 0 Å². The molecule has 2 aromatic carbocycles. The first kappa shape index (κ1) is 21.8. The molecule has 0 bridgehead atoms. The van der Waals surface area contributed by atoms with Gasteiger partial charge in [-0.05, 0) is 69.7 Å². The Kier molecular flexibility index (Phi) is 6.72. The number of sulfonamides is 1. The van der Waals surface area contributed by atoms with Crippen molar-refractivity contribution in [3.8, 4) is 5.75 Å². The van der Waals surface area contributed by atoms with Crippen molar-refractivity contribution in [1.29, 1.82) is 0 Å². The summed E-state index contributed by atoms with van der Waals surface area (Å²) in [5, 5.41) is 2.90. The van der Waals surface area contributed by atoms with Gasteiger partial charge in [0.2, 0.25) is 10.0 Å². The van der Waals surface area contributed by atoms with E-state index in [1.165, 1.54) is 10.6 Å². The van der Waals surface area contributed by atoms with Crippen LogP contribution in [0.3, 0.4) is 0 Å². The molecule has 0 heterocycles. The van der Waals surface area contributed by atoms with E-state index in [9.17, 15) is 13.2 Å². The van der Waals surface area contributed by atoms with Gasteiger partial charge < -0.3 is 10.1 Å². The van der Waals surface area contributed by atoms with Gasteiger partial charge in [-0.15, -0.1) is 0 Å². The lowest BCUT2D eigenvalue weighted by molar-refractivity contribution is 0.0919. The van der Waals surface area contributed by atoms with Gasteiger partial charge in [-0.2, -0.15) is 0 Å². The second kappa shape index (κ2) is 8.65. The van der Waals surface area contributed by atoms with Crippen molar-refractivity contribution in [2.45, 2.75) is 39.8 Å². The van der Waals surface area contributed by atoms with E-state index < -0.39 is 10.0 Å². The first-order valence-electron chi connectivity index (χ1n) is 9.11. The molecule has 2 aromatic rings. The molecular formula is C21H28N2O4S. The molecule has 0 unspecified atom stereocenters. The van der Waals surface area contributed by atoms with Crippen molar-refractivity contribution < 1.29 is 17.9 Å². The summed E-state index contributed by atoms with van der Waals surface area (Å²) < 4.78 is 31.4. The molecule has 0 saturated carbocycles. The van der Waals surface area contributed by atoms with Crippen LogP contribution in [0.25, 0.3) is 0 Å². The monoisotopic (exact) mass is 404 g/mol. The maximum absolute atomic E-state index is 12.3. The largest absolute Gasteiger partial charge is 0.494 e. The van der Waals surface area contributed by atoms with Gasteiger partial charge in [0.15, 0.2) is 0 Å². The van der Waals surface area contributed by atoms with Gasteiger partial charge in [0.05, 0.1) is 25.1 Å². The summed E-state index contributed by atoms with van der Waals surface area (Å²) in [6, 6.07) is 13.9. The second-order valence-corrected chi connectivity index (χ2v) is 9.50. The average Bonchev–Trinajstić information content (AvgIpc) is 2.59. The first-order chi connectivity index (χ1) is 13.0. The van der Waals surface area contributed by atoms with Crippen LogP contribution in [-0.2, 0) is 16.6 Å². The van der Waals surface area contributed by atoms with E-state index in [4.69, 9.17) is 4.74 Å². The Labute approximate surface area is 167 Å². The number of hydrogen-bond donors (Lipinski definition) is 1. The van der Waals surface area contributed by atoms with Crippen molar-refractivity contribution in [3.63, 3.8) is 0 Å². The van der Waals surface area contributed by atoms with Gasteiger partial charge in [-0.3, -0.25) is 9.10 Å². The Hall–Kier alpha value is -2.54. The Balaban J connectivity index is 2.20. The fourth-order valence-corrected chi connectivity index (χ4v) is 3.50. The van der Waals surface area contributed by atoms with E-state index >= 15 is 0 Å². The smallest absolute Gasteiger partial charge is 0.251 e. The molecule has 0 atom stereocenters. The Morgan fingerprint density at radius 2 is 1.61 bits per heavy atom. The average molecular weight is 405 g/mol. The van der Waals surface area contributed by atoms with Crippen molar-refractivity contribution in [1.82, 2.24) is 5.32 Å².